The predicted octanol–water partition coefficient (Wildman–Crippen LogP) is 2.45. The molecule has 3 saturated heterocycles. The molecular formula is C30H32BrN5O6. The summed E-state index contributed by atoms with van der Waals surface area (Å²) in [5.41, 5.74) is 0.781. The average Bonchev–Trinajstić information content (AvgIpc) is 3.71. The second-order valence-corrected chi connectivity index (χ2v) is 12.0. The maximum atomic E-state index is 14.8. The van der Waals surface area contributed by atoms with Crippen LogP contribution in [-0.4, -0.2) is 90.0 Å². The van der Waals surface area contributed by atoms with Gasteiger partial charge in [0.2, 0.25) is 11.8 Å². The number of esters is 1. The van der Waals surface area contributed by atoms with Gasteiger partial charge >= 0.3 is 5.97 Å². The van der Waals surface area contributed by atoms with Crippen LogP contribution in [0.15, 0.2) is 67.3 Å². The summed E-state index contributed by atoms with van der Waals surface area (Å²) in [6.45, 7) is 5.49. The molecule has 220 valence electrons. The third kappa shape index (κ3) is 4.35. The molecule has 0 aliphatic carbocycles. The minimum absolute atomic E-state index is 0.0439. The van der Waals surface area contributed by atoms with E-state index in [2.05, 4.69) is 32.8 Å². The zero-order chi connectivity index (χ0) is 29.6. The molecule has 12 heteroatoms. The summed E-state index contributed by atoms with van der Waals surface area (Å²) in [5, 5.41) is 19.1. The first-order chi connectivity index (χ1) is 20.4. The highest BCUT2D eigenvalue weighted by Crippen LogP contribution is 2.61. The number of alkyl halides is 1. The first-order valence-corrected chi connectivity index (χ1v) is 14.9. The fraction of sp³-hybridized carbons (Fsp3) is 0.433. The molecule has 2 aromatic carbocycles. The van der Waals surface area contributed by atoms with E-state index < -0.39 is 60.0 Å². The highest BCUT2D eigenvalue weighted by Gasteiger charge is 2.77. The van der Waals surface area contributed by atoms with Crippen molar-refractivity contribution in [2.24, 2.45) is 11.8 Å². The summed E-state index contributed by atoms with van der Waals surface area (Å²) in [7, 11) is 0. The number of halogens is 1. The van der Waals surface area contributed by atoms with Gasteiger partial charge in [0.05, 0.1) is 42.7 Å². The molecule has 3 aliphatic heterocycles. The molecule has 0 saturated carbocycles. The van der Waals surface area contributed by atoms with E-state index in [9.17, 15) is 19.5 Å². The third-order valence-corrected chi connectivity index (χ3v) is 9.44. The summed E-state index contributed by atoms with van der Waals surface area (Å²) in [4.78, 5) is 45.2. The van der Waals surface area contributed by atoms with Crippen LogP contribution in [0.3, 0.4) is 0 Å². The van der Waals surface area contributed by atoms with Gasteiger partial charge in [-0.05, 0) is 31.0 Å². The van der Waals surface area contributed by atoms with Gasteiger partial charge in [0.25, 0.3) is 0 Å². The van der Waals surface area contributed by atoms with Crippen molar-refractivity contribution in [1.29, 1.82) is 0 Å². The molecule has 4 heterocycles. The molecule has 42 heavy (non-hydrogen) atoms. The van der Waals surface area contributed by atoms with Crippen LogP contribution < -0.4 is 0 Å². The van der Waals surface area contributed by atoms with Gasteiger partial charge in [-0.2, -0.15) is 0 Å². The quantitative estimate of drug-likeness (QED) is 0.204. The van der Waals surface area contributed by atoms with Crippen molar-refractivity contribution in [2.75, 3.05) is 19.8 Å². The van der Waals surface area contributed by atoms with Crippen molar-refractivity contribution in [3.63, 3.8) is 0 Å². The number of amides is 2. The molecule has 3 fully saturated rings. The minimum Gasteiger partial charge on any atom is -0.466 e. The Bertz CT molecular complexity index is 1520. The lowest BCUT2D eigenvalue weighted by atomic mass is 9.70. The van der Waals surface area contributed by atoms with Gasteiger partial charge in [-0.15, -0.1) is 11.7 Å². The van der Waals surface area contributed by atoms with Gasteiger partial charge in [-0.25, -0.2) is 4.68 Å². The van der Waals surface area contributed by atoms with Gasteiger partial charge in [-0.1, -0.05) is 69.7 Å². The van der Waals surface area contributed by atoms with E-state index in [1.54, 1.807) is 34.7 Å². The number of aromatic nitrogens is 3. The lowest BCUT2D eigenvalue weighted by Crippen LogP contribution is -2.57. The number of carbonyl (C=O) groups excluding carboxylic acids is 3. The number of fused-ring (bicyclic) bond motifs is 2. The number of hydrogen-bond acceptors (Lipinski definition) is 8. The second-order valence-electron chi connectivity index (χ2n) is 10.8. The molecule has 1 aromatic heterocycles. The highest BCUT2D eigenvalue weighted by atomic mass is 79.9. The summed E-state index contributed by atoms with van der Waals surface area (Å²) >= 11 is 3.67. The van der Waals surface area contributed by atoms with Gasteiger partial charge in [-0.3, -0.25) is 14.4 Å². The average molecular weight is 639 g/mol. The number of para-hydroxylation sites is 1. The molecule has 3 aliphatic rings. The van der Waals surface area contributed by atoms with Crippen LogP contribution >= 0.6 is 15.9 Å². The molecule has 1 unspecified atom stereocenters. The topological polar surface area (TPSA) is 127 Å². The number of benzene rings is 2. The Morgan fingerprint density at radius 3 is 2.71 bits per heavy atom. The Labute approximate surface area is 251 Å². The van der Waals surface area contributed by atoms with Gasteiger partial charge in [0, 0.05) is 11.4 Å². The van der Waals surface area contributed by atoms with Crippen molar-refractivity contribution in [3.8, 4) is 0 Å². The number of aliphatic hydroxyl groups excluding tert-OH is 1. The monoisotopic (exact) mass is 637 g/mol. The molecule has 1 spiro atoms. The van der Waals surface area contributed by atoms with Gasteiger partial charge in [0.15, 0.2) is 0 Å². The maximum Gasteiger partial charge on any atom is 0.312 e. The number of ether oxygens (including phenoxy) is 2. The first kappa shape index (κ1) is 28.5. The van der Waals surface area contributed by atoms with Crippen LogP contribution in [0.2, 0.25) is 0 Å². The normalized spacial score (nSPS) is 28.6. The zero-order valence-electron chi connectivity index (χ0n) is 23.1. The fourth-order valence-electron chi connectivity index (χ4n) is 6.95. The molecule has 2 bridgehead atoms. The van der Waals surface area contributed by atoms with E-state index >= 15 is 0 Å². The Morgan fingerprint density at radius 1 is 1.26 bits per heavy atom. The zero-order valence-corrected chi connectivity index (χ0v) is 24.7. The number of rotatable bonds is 10. The van der Waals surface area contributed by atoms with E-state index in [4.69, 9.17) is 9.47 Å². The lowest BCUT2D eigenvalue weighted by Gasteiger charge is -2.39. The van der Waals surface area contributed by atoms with E-state index in [-0.39, 0.29) is 24.6 Å². The molecular weight excluding hydrogens is 606 g/mol. The van der Waals surface area contributed by atoms with Gasteiger partial charge < -0.3 is 24.4 Å². The van der Waals surface area contributed by atoms with E-state index in [1.165, 1.54) is 4.90 Å². The molecule has 2 amide bonds. The van der Waals surface area contributed by atoms with Crippen molar-refractivity contribution < 1.29 is 29.0 Å². The number of carbonyl (C=O) groups is 3. The van der Waals surface area contributed by atoms with Crippen molar-refractivity contribution in [3.05, 3.63) is 72.8 Å². The van der Waals surface area contributed by atoms with Crippen LogP contribution in [0.4, 0.5) is 0 Å². The summed E-state index contributed by atoms with van der Waals surface area (Å²) in [6.07, 6.45) is 1.31. The number of likely N-dealkylation sites (tertiary alicyclic amines) is 1. The molecule has 6 rings (SSSR count). The predicted molar refractivity (Wildman–Crippen MR) is 155 cm³/mol. The van der Waals surface area contributed by atoms with Crippen molar-refractivity contribution >= 4 is 44.7 Å². The highest BCUT2D eigenvalue weighted by molar-refractivity contribution is 9.09. The Hall–Kier alpha value is -3.61. The maximum absolute atomic E-state index is 14.8. The standard InChI is InChI=1S/C30H32BrN5O6/c1-3-14-34(17-35-21-13-9-8-12-20(21)32-33-35)28(39)26-30-15-19(31)25(42-30)23(29(40)41-4-2)24(30)27(38)36(26)22(16-37)18-10-6-5-7-11-18/h3,5-13,19,22-26,37H,1,4,14-17H2,2H3/t19?,22-,23+,24-,25+,26+,30-/m1/s1. The molecule has 1 N–H and O–H groups in total. The van der Waals surface area contributed by atoms with Crippen LogP contribution in [0.25, 0.3) is 11.0 Å². The molecule has 7 atom stereocenters. The van der Waals surface area contributed by atoms with Crippen LogP contribution in [0.5, 0.6) is 0 Å². The lowest BCUT2D eigenvalue weighted by molar-refractivity contribution is -0.156. The smallest absolute Gasteiger partial charge is 0.312 e. The third-order valence-electron chi connectivity index (χ3n) is 8.60. The molecule has 3 aromatic rings. The second kappa shape index (κ2) is 11.2. The van der Waals surface area contributed by atoms with Crippen LogP contribution in [0, 0.1) is 11.8 Å². The van der Waals surface area contributed by atoms with E-state index in [0.717, 1.165) is 5.52 Å². The first-order valence-electron chi connectivity index (χ1n) is 14.0. The van der Waals surface area contributed by atoms with Crippen molar-refractivity contribution in [2.45, 2.75) is 48.6 Å². The summed E-state index contributed by atoms with van der Waals surface area (Å²) in [6, 6.07) is 14.5. The molecule has 11 nitrogen and oxygen atoms in total. The van der Waals surface area contributed by atoms with E-state index in [0.29, 0.717) is 17.5 Å². The number of hydrogen-bond donors (Lipinski definition) is 1. The van der Waals surface area contributed by atoms with Crippen LogP contribution in [-0.2, 0) is 30.5 Å². The summed E-state index contributed by atoms with van der Waals surface area (Å²) < 4.78 is 13.6. The fourth-order valence-corrected chi connectivity index (χ4v) is 7.89. The van der Waals surface area contributed by atoms with Gasteiger partial charge in [0.1, 0.15) is 23.8 Å². The largest absolute Gasteiger partial charge is 0.466 e. The molecule has 0 radical (unpaired) electrons. The Kier molecular flexibility index (Phi) is 7.62. The van der Waals surface area contributed by atoms with E-state index in [1.807, 2.05) is 42.5 Å². The Morgan fingerprint density at radius 2 is 2.00 bits per heavy atom. The minimum atomic E-state index is -1.31. The Balaban J connectivity index is 1.46. The van der Waals surface area contributed by atoms with Crippen LogP contribution in [0.1, 0.15) is 24.9 Å². The number of aliphatic hydroxyl groups is 1. The number of nitrogens with zero attached hydrogens (tertiary/aromatic N) is 5. The summed E-state index contributed by atoms with van der Waals surface area (Å²) in [5.74, 6) is -3.18. The van der Waals surface area contributed by atoms with Crippen molar-refractivity contribution in [1.82, 2.24) is 24.8 Å². The SMILES string of the molecule is C=CCN(Cn1nnc2ccccc21)C(=O)[C@@H]1N([C@H](CO)c2ccccc2)C(=O)[C@H]2[C@H](C(=O)OCC)[C@H]3O[C@@]12CC3Br.